The number of ether oxygens (including phenoxy) is 2. The van der Waals surface area contributed by atoms with E-state index >= 15 is 0 Å². The Bertz CT molecular complexity index is 1210. The van der Waals surface area contributed by atoms with Gasteiger partial charge in [0.25, 0.3) is 7.82 Å². The van der Waals surface area contributed by atoms with Gasteiger partial charge in [-0.15, -0.1) is 0 Å². The molecule has 0 fully saturated rings. The Labute approximate surface area is 388 Å². The lowest BCUT2D eigenvalue weighted by molar-refractivity contribution is -0.870. The third kappa shape index (κ3) is 49.2. The van der Waals surface area contributed by atoms with Crippen LogP contribution in [0.15, 0.2) is 48.6 Å². The van der Waals surface area contributed by atoms with E-state index in [2.05, 4.69) is 62.5 Å². The van der Waals surface area contributed by atoms with Crippen molar-refractivity contribution in [3.8, 4) is 0 Å². The number of phosphoric acid groups is 1. The van der Waals surface area contributed by atoms with Crippen LogP contribution in [0.1, 0.15) is 226 Å². The number of carbonyl (C=O) groups is 2. The van der Waals surface area contributed by atoms with E-state index in [0.29, 0.717) is 23.9 Å². The normalized spacial score (nSPS) is 13.8. The van der Waals surface area contributed by atoms with Crippen molar-refractivity contribution in [1.82, 2.24) is 0 Å². The third-order valence-electron chi connectivity index (χ3n) is 11.1. The summed E-state index contributed by atoms with van der Waals surface area (Å²) in [6.07, 6.45) is 54.3. The number of unbranched alkanes of at least 4 members (excludes halogenated alkanes) is 25. The first-order valence-electron chi connectivity index (χ1n) is 25.8. The minimum Gasteiger partial charge on any atom is -0.756 e. The number of carbonyl (C=O) groups excluding carboxylic acids is 2. The van der Waals surface area contributed by atoms with Crippen molar-refractivity contribution in [2.45, 2.75) is 232 Å². The second kappa shape index (κ2) is 45.1. The van der Waals surface area contributed by atoms with Crippen LogP contribution in [-0.4, -0.2) is 70.0 Å². The van der Waals surface area contributed by atoms with Gasteiger partial charge in [-0.05, 0) is 57.8 Å². The molecule has 0 amide bonds. The van der Waals surface area contributed by atoms with Gasteiger partial charge >= 0.3 is 11.9 Å². The van der Waals surface area contributed by atoms with E-state index in [9.17, 15) is 19.0 Å². The molecule has 1 unspecified atom stereocenters. The number of nitrogens with zero attached hydrogens (tertiary/aromatic N) is 1. The van der Waals surface area contributed by atoms with Crippen LogP contribution in [0.3, 0.4) is 0 Å². The van der Waals surface area contributed by atoms with Crippen LogP contribution in [0.4, 0.5) is 0 Å². The van der Waals surface area contributed by atoms with E-state index in [1.165, 1.54) is 128 Å². The fraction of sp³-hybridized carbons (Fsp3) is 0.811. The Hall–Kier alpha value is -2.03. The molecule has 0 spiro atoms. The van der Waals surface area contributed by atoms with Crippen molar-refractivity contribution < 1.29 is 42.1 Å². The van der Waals surface area contributed by atoms with Gasteiger partial charge in [-0.3, -0.25) is 14.2 Å². The Morgan fingerprint density at radius 3 is 1.30 bits per heavy atom. The molecule has 0 aromatic carbocycles. The average Bonchev–Trinajstić information content (AvgIpc) is 3.24. The molecule has 368 valence electrons. The molecular weight excluding hydrogens is 810 g/mol. The fourth-order valence-corrected chi connectivity index (χ4v) is 7.78. The van der Waals surface area contributed by atoms with Crippen LogP contribution >= 0.6 is 7.82 Å². The van der Waals surface area contributed by atoms with Gasteiger partial charge in [0, 0.05) is 12.8 Å². The highest BCUT2D eigenvalue weighted by Gasteiger charge is 2.21. The predicted molar refractivity (Wildman–Crippen MR) is 264 cm³/mol. The van der Waals surface area contributed by atoms with E-state index in [0.717, 1.165) is 57.8 Å². The average molecular weight is 908 g/mol. The maximum absolute atomic E-state index is 12.7. The fourth-order valence-electron chi connectivity index (χ4n) is 7.05. The number of rotatable bonds is 47. The summed E-state index contributed by atoms with van der Waals surface area (Å²) in [4.78, 5) is 37.7. The maximum Gasteiger partial charge on any atom is 0.306 e. The summed E-state index contributed by atoms with van der Waals surface area (Å²) >= 11 is 0. The van der Waals surface area contributed by atoms with Gasteiger partial charge < -0.3 is 27.9 Å². The molecule has 0 aromatic rings. The first kappa shape index (κ1) is 61.0. The second-order valence-corrected chi connectivity index (χ2v) is 20.0. The van der Waals surface area contributed by atoms with Crippen LogP contribution in [0.25, 0.3) is 0 Å². The van der Waals surface area contributed by atoms with Crippen LogP contribution in [0.2, 0.25) is 0 Å². The molecule has 0 N–H and O–H groups in total. The van der Waals surface area contributed by atoms with Crippen molar-refractivity contribution in [2.75, 3.05) is 47.5 Å². The maximum atomic E-state index is 12.7. The van der Waals surface area contributed by atoms with Gasteiger partial charge in [0.15, 0.2) is 6.10 Å². The lowest BCUT2D eigenvalue weighted by Gasteiger charge is -2.28. The molecule has 0 rings (SSSR count). The van der Waals surface area contributed by atoms with Crippen molar-refractivity contribution in [3.63, 3.8) is 0 Å². The lowest BCUT2D eigenvalue weighted by atomic mass is 10.0. The molecule has 0 saturated heterocycles. The smallest absolute Gasteiger partial charge is 0.306 e. The summed E-state index contributed by atoms with van der Waals surface area (Å²) < 4.78 is 34.0. The molecule has 0 aliphatic carbocycles. The molecule has 0 aliphatic heterocycles. The van der Waals surface area contributed by atoms with Crippen LogP contribution in [-0.2, 0) is 32.7 Å². The molecule has 0 bridgehead atoms. The molecule has 9 nitrogen and oxygen atoms in total. The number of hydrogen-bond donors (Lipinski definition) is 0. The van der Waals surface area contributed by atoms with Crippen molar-refractivity contribution in [3.05, 3.63) is 48.6 Å². The molecule has 0 radical (unpaired) electrons. The highest BCUT2D eigenvalue weighted by atomic mass is 31.2. The van der Waals surface area contributed by atoms with Gasteiger partial charge in [0.2, 0.25) is 0 Å². The minimum absolute atomic E-state index is 0.0361. The molecule has 63 heavy (non-hydrogen) atoms. The molecular formula is C53H98NO8P. The topological polar surface area (TPSA) is 111 Å². The molecule has 0 heterocycles. The summed E-state index contributed by atoms with van der Waals surface area (Å²) in [5, 5.41) is 0. The summed E-state index contributed by atoms with van der Waals surface area (Å²) in [7, 11) is 1.15. The van der Waals surface area contributed by atoms with E-state index in [-0.39, 0.29) is 26.1 Å². The van der Waals surface area contributed by atoms with E-state index in [1.807, 2.05) is 21.1 Å². The molecule has 10 heteroatoms. The van der Waals surface area contributed by atoms with E-state index < -0.39 is 32.5 Å². The van der Waals surface area contributed by atoms with Crippen LogP contribution in [0.5, 0.6) is 0 Å². The highest BCUT2D eigenvalue weighted by molar-refractivity contribution is 7.45. The third-order valence-corrected chi connectivity index (χ3v) is 12.1. The number of esters is 2. The van der Waals surface area contributed by atoms with Gasteiger partial charge in [0.1, 0.15) is 19.8 Å². The van der Waals surface area contributed by atoms with Crippen molar-refractivity contribution in [2.24, 2.45) is 0 Å². The zero-order valence-electron chi connectivity index (χ0n) is 41.5. The monoisotopic (exact) mass is 908 g/mol. The standard InChI is InChI=1S/C53H98NO8P/c1-6-8-10-12-14-16-18-20-22-24-26-28-30-32-34-36-38-40-42-44-46-53(56)62-51(50-61-63(57,58)60-48-47-54(3,4)5)49-59-52(55)45-43-41-39-37-35-33-31-29-27-25-23-21-19-17-15-13-11-9-7-2/h15,17,21,23,27,29,33,35,51H,6-14,16,18-20,22,24-26,28,30-32,34,36-50H2,1-5H3/b17-15+,23-21+,29-27+,35-33+/t51-/m1/s1. The summed E-state index contributed by atoms with van der Waals surface area (Å²) in [5.74, 6) is -0.863. The summed E-state index contributed by atoms with van der Waals surface area (Å²) in [6.45, 7) is 4.19. The van der Waals surface area contributed by atoms with Gasteiger partial charge in [-0.25, -0.2) is 0 Å². The summed E-state index contributed by atoms with van der Waals surface area (Å²) in [5.41, 5.74) is 0. The van der Waals surface area contributed by atoms with Gasteiger partial charge in [0.05, 0.1) is 27.7 Å². The van der Waals surface area contributed by atoms with Crippen LogP contribution < -0.4 is 4.89 Å². The minimum atomic E-state index is -4.64. The first-order chi connectivity index (χ1) is 30.5. The Kier molecular flexibility index (Phi) is 43.7. The molecule has 2 atom stereocenters. The Morgan fingerprint density at radius 2 is 0.857 bits per heavy atom. The van der Waals surface area contributed by atoms with Gasteiger partial charge in [-0.1, -0.05) is 204 Å². The summed E-state index contributed by atoms with van der Waals surface area (Å²) in [6, 6.07) is 0. The SMILES string of the molecule is CCCCC/C=C/C/C=C/C/C=C/C/C=C/CCCCCC(=O)OC[C@H](COP(=O)([O-])OCC[N+](C)(C)C)OC(=O)CCCCCCCCCCCCCCCCCCCCCC. The number of hydrogen-bond acceptors (Lipinski definition) is 8. The van der Waals surface area contributed by atoms with Crippen LogP contribution in [0, 0.1) is 0 Å². The van der Waals surface area contributed by atoms with Crippen molar-refractivity contribution in [1.29, 1.82) is 0 Å². The van der Waals surface area contributed by atoms with E-state index in [1.54, 1.807) is 0 Å². The Balaban J connectivity index is 4.30. The highest BCUT2D eigenvalue weighted by Crippen LogP contribution is 2.38. The van der Waals surface area contributed by atoms with Crippen molar-refractivity contribution >= 4 is 19.8 Å². The number of phosphoric ester groups is 1. The predicted octanol–water partition coefficient (Wildman–Crippen LogP) is 14.8. The lowest BCUT2D eigenvalue weighted by Crippen LogP contribution is -2.37. The number of quaternary nitrogens is 1. The zero-order chi connectivity index (χ0) is 46.4. The second-order valence-electron chi connectivity index (χ2n) is 18.5. The first-order valence-corrected chi connectivity index (χ1v) is 27.3. The van der Waals surface area contributed by atoms with Gasteiger partial charge in [-0.2, -0.15) is 0 Å². The quantitative estimate of drug-likeness (QED) is 0.0195. The molecule has 0 aromatic heterocycles. The molecule has 0 saturated carbocycles. The zero-order valence-corrected chi connectivity index (χ0v) is 42.4. The Morgan fingerprint density at radius 1 is 0.492 bits per heavy atom. The number of allylic oxidation sites excluding steroid dienone is 8. The largest absolute Gasteiger partial charge is 0.756 e. The van der Waals surface area contributed by atoms with E-state index in [4.69, 9.17) is 18.5 Å². The number of likely N-dealkylation sites (N-methyl/N-ethyl adjacent to an activating group) is 1. The molecule has 0 aliphatic rings.